The highest BCUT2D eigenvalue weighted by Crippen LogP contribution is 2.43. The molecule has 38 heavy (non-hydrogen) atoms. The molecule has 2 aliphatic rings. The Morgan fingerprint density at radius 3 is 2.26 bits per heavy atom. The van der Waals surface area contributed by atoms with Crippen LogP contribution in [0.2, 0.25) is 0 Å². The molecular weight excluding hydrogens is 487 g/mol. The van der Waals surface area contributed by atoms with E-state index in [2.05, 4.69) is 17.0 Å². The monoisotopic (exact) mass is 528 g/mol. The summed E-state index contributed by atoms with van der Waals surface area (Å²) >= 11 is 0. The van der Waals surface area contributed by atoms with Gasteiger partial charge in [0.1, 0.15) is 17.3 Å². The van der Waals surface area contributed by atoms with E-state index in [1.165, 1.54) is 19.2 Å². The van der Waals surface area contributed by atoms with E-state index >= 15 is 0 Å². The number of benzene rings is 2. The van der Waals surface area contributed by atoms with Crippen LogP contribution in [0.4, 0.5) is 4.39 Å². The van der Waals surface area contributed by atoms with Crippen molar-refractivity contribution in [3.63, 3.8) is 0 Å². The summed E-state index contributed by atoms with van der Waals surface area (Å²) in [5, 5.41) is 9.61. The van der Waals surface area contributed by atoms with Gasteiger partial charge in [0.05, 0.1) is 18.8 Å². The van der Waals surface area contributed by atoms with Gasteiger partial charge < -0.3 is 24.2 Å². The van der Waals surface area contributed by atoms with Crippen molar-refractivity contribution < 1.29 is 28.5 Å². The molecule has 1 N–H and O–H groups in total. The summed E-state index contributed by atoms with van der Waals surface area (Å²) in [5.41, 5.74) is 2.86. The average molecular weight is 529 g/mol. The summed E-state index contributed by atoms with van der Waals surface area (Å²) in [6, 6.07) is 10.6. The number of piperidine rings is 1. The molecule has 2 aromatic rings. The minimum absolute atomic E-state index is 0.0485. The SMILES string of the molecule is CCOc1cc(CN2CCC3(CC2)CC(=O)N(CCCC(O)OC)C3)cc(OCC)c1-c1ccc(F)cc1. The molecule has 1 atom stereocenters. The number of hydrogen-bond acceptors (Lipinski definition) is 6. The molecule has 2 fully saturated rings. The van der Waals surface area contributed by atoms with Gasteiger partial charge in [0.25, 0.3) is 0 Å². The van der Waals surface area contributed by atoms with Crippen LogP contribution < -0.4 is 9.47 Å². The quantitative estimate of drug-likeness (QED) is 0.397. The molecular formula is C30H41FN2O5. The lowest BCUT2D eigenvalue weighted by atomic mass is 9.77. The number of hydrogen-bond donors (Lipinski definition) is 1. The van der Waals surface area contributed by atoms with Gasteiger partial charge in [-0.05, 0) is 93.4 Å². The number of nitrogens with zero attached hydrogens (tertiary/aromatic N) is 2. The third-order valence-corrected chi connectivity index (χ3v) is 7.74. The van der Waals surface area contributed by atoms with Crippen LogP contribution in [0.3, 0.4) is 0 Å². The molecule has 1 spiro atoms. The first-order valence-corrected chi connectivity index (χ1v) is 13.8. The van der Waals surface area contributed by atoms with Crippen molar-refractivity contribution >= 4 is 5.91 Å². The molecule has 4 rings (SSSR count). The Labute approximate surface area is 225 Å². The number of ether oxygens (including phenoxy) is 3. The van der Waals surface area contributed by atoms with E-state index in [1.807, 2.05) is 18.7 Å². The molecule has 1 unspecified atom stereocenters. The van der Waals surface area contributed by atoms with Crippen molar-refractivity contribution in [3.8, 4) is 22.6 Å². The molecule has 0 aliphatic carbocycles. The zero-order valence-corrected chi connectivity index (χ0v) is 22.9. The van der Waals surface area contributed by atoms with Gasteiger partial charge in [-0.25, -0.2) is 4.39 Å². The maximum absolute atomic E-state index is 13.6. The fraction of sp³-hybridized carbons (Fsp3) is 0.567. The summed E-state index contributed by atoms with van der Waals surface area (Å²) in [4.78, 5) is 17.1. The molecule has 7 nitrogen and oxygen atoms in total. The summed E-state index contributed by atoms with van der Waals surface area (Å²) < 4.78 is 30.5. The summed E-state index contributed by atoms with van der Waals surface area (Å²) in [5.74, 6) is 1.43. The second-order valence-electron chi connectivity index (χ2n) is 10.4. The first-order chi connectivity index (χ1) is 18.4. The smallest absolute Gasteiger partial charge is 0.223 e. The minimum atomic E-state index is -0.763. The van der Waals surface area contributed by atoms with E-state index in [-0.39, 0.29) is 17.1 Å². The Kier molecular flexibility index (Phi) is 9.63. The van der Waals surface area contributed by atoms with Crippen LogP contribution >= 0.6 is 0 Å². The largest absolute Gasteiger partial charge is 0.493 e. The van der Waals surface area contributed by atoms with Crippen molar-refractivity contribution in [3.05, 3.63) is 47.8 Å². The van der Waals surface area contributed by atoms with Crippen LogP contribution in [-0.4, -0.2) is 73.6 Å². The van der Waals surface area contributed by atoms with E-state index in [0.29, 0.717) is 32.6 Å². The average Bonchev–Trinajstić information content (AvgIpc) is 3.21. The molecule has 0 aromatic heterocycles. The standard InChI is InChI=1S/C30H41FN2O5/c1-4-37-25-17-22(18-26(38-5-2)29(25)23-8-10-24(31)11-9-23)20-32-15-12-30(13-16-32)19-27(34)33(21-30)14-6-7-28(35)36-3/h8-11,17-18,28,35H,4-7,12-16,19-21H2,1-3H3. The van der Waals surface area contributed by atoms with Crippen LogP contribution in [-0.2, 0) is 16.1 Å². The van der Waals surface area contributed by atoms with E-state index in [1.54, 1.807) is 12.1 Å². The highest BCUT2D eigenvalue weighted by molar-refractivity contribution is 5.79. The second-order valence-corrected chi connectivity index (χ2v) is 10.4. The van der Waals surface area contributed by atoms with Crippen molar-refractivity contribution in [1.29, 1.82) is 0 Å². The summed E-state index contributed by atoms with van der Waals surface area (Å²) in [6.45, 7) is 9.05. The van der Waals surface area contributed by atoms with Gasteiger partial charge in [0.15, 0.2) is 6.29 Å². The van der Waals surface area contributed by atoms with Crippen molar-refractivity contribution in [2.24, 2.45) is 5.41 Å². The van der Waals surface area contributed by atoms with Crippen molar-refractivity contribution in [1.82, 2.24) is 9.80 Å². The number of methoxy groups -OCH3 is 1. The lowest BCUT2D eigenvalue weighted by molar-refractivity contribution is -0.128. The lowest BCUT2D eigenvalue weighted by Crippen LogP contribution is -2.41. The van der Waals surface area contributed by atoms with E-state index in [0.717, 1.165) is 73.6 Å². The highest BCUT2D eigenvalue weighted by Gasteiger charge is 2.44. The first kappa shape index (κ1) is 28.3. The van der Waals surface area contributed by atoms with Gasteiger partial charge >= 0.3 is 0 Å². The molecule has 2 aliphatic heterocycles. The van der Waals surface area contributed by atoms with Crippen LogP contribution in [0, 0.1) is 11.2 Å². The molecule has 0 bridgehead atoms. The Hall–Kier alpha value is -2.68. The van der Waals surface area contributed by atoms with Crippen LogP contribution in [0.15, 0.2) is 36.4 Å². The second kappa shape index (κ2) is 12.9. The maximum atomic E-state index is 13.6. The predicted molar refractivity (Wildman–Crippen MR) is 145 cm³/mol. The molecule has 208 valence electrons. The van der Waals surface area contributed by atoms with Crippen molar-refractivity contribution in [2.45, 2.75) is 58.8 Å². The Bertz CT molecular complexity index is 1040. The predicted octanol–water partition coefficient (Wildman–Crippen LogP) is 4.85. The third-order valence-electron chi connectivity index (χ3n) is 7.74. The zero-order valence-electron chi connectivity index (χ0n) is 22.9. The van der Waals surface area contributed by atoms with E-state index in [9.17, 15) is 14.3 Å². The number of halogens is 1. The Morgan fingerprint density at radius 1 is 1.05 bits per heavy atom. The lowest BCUT2D eigenvalue weighted by Gasteiger charge is -2.39. The van der Waals surface area contributed by atoms with Gasteiger partial charge in [0.2, 0.25) is 5.91 Å². The van der Waals surface area contributed by atoms with Gasteiger partial charge in [-0.1, -0.05) is 12.1 Å². The Morgan fingerprint density at radius 2 is 1.68 bits per heavy atom. The normalized spacial score (nSPS) is 18.2. The van der Waals surface area contributed by atoms with E-state index in [4.69, 9.17) is 14.2 Å². The van der Waals surface area contributed by atoms with Crippen LogP contribution in [0.25, 0.3) is 11.1 Å². The first-order valence-electron chi connectivity index (χ1n) is 13.8. The minimum Gasteiger partial charge on any atom is -0.493 e. The highest BCUT2D eigenvalue weighted by atomic mass is 19.1. The number of carbonyl (C=O) groups is 1. The van der Waals surface area contributed by atoms with Crippen molar-refractivity contribution in [2.75, 3.05) is 46.5 Å². The van der Waals surface area contributed by atoms with E-state index < -0.39 is 6.29 Å². The fourth-order valence-corrected chi connectivity index (χ4v) is 5.71. The number of carbonyl (C=O) groups excluding carboxylic acids is 1. The summed E-state index contributed by atoms with van der Waals surface area (Å²) in [7, 11) is 1.49. The zero-order chi connectivity index (χ0) is 27.1. The molecule has 0 radical (unpaired) electrons. The van der Waals surface area contributed by atoms with Crippen LogP contribution in [0.1, 0.15) is 51.5 Å². The number of aliphatic hydroxyl groups excluding tert-OH is 1. The van der Waals surface area contributed by atoms with Gasteiger partial charge in [-0.3, -0.25) is 9.69 Å². The van der Waals surface area contributed by atoms with Gasteiger partial charge in [0, 0.05) is 33.2 Å². The van der Waals surface area contributed by atoms with Gasteiger partial charge in [-0.2, -0.15) is 0 Å². The number of rotatable bonds is 12. The molecule has 0 saturated carbocycles. The number of aliphatic hydroxyl groups is 1. The van der Waals surface area contributed by atoms with Gasteiger partial charge in [-0.15, -0.1) is 0 Å². The topological polar surface area (TPSA) is 71.5 Å². The molecule has 2 saturated heterocycles. The number of likely N-dealkylation sites (tertiary alicyclic amines) is 2. The molecule has 1 amide bonds. The third kappa shape index (κ3) is 6.84. The molecule has 2 aromatic carbocycles. The maximum Gasteiger partial charge on any atom is 0.223 e. The van der Waals surface area contributed by atoms with Crippen LogP contribution in [0.5, 0.6) is 11.5 Å². The Balaban J connectivity index is 1.42. The fourth-order valence-electron chi connectivity index (χ4n) is 5.71. The summed E-state index contributed by atoms with van der Waals surface area (Å²) in [6.07, 6.45) is 3.10. The number of amides is 1. The molecule has 8 heteroatoms. The molecule has 2 heterocycles.